The monoisotopic (exact) mass is 415 g/mol. The van der Waals surface area contributed by atoms with Crippen molar-refractivity contribution in [2.45, 2.75) is 18.2 Å². The molecule has 2 heterocycles. The fraction of sp³-hybridized carbons (Fsp3) is 0.125. The van der Waals surface area contributed by atoms with Crippen LogP contribution in [0.4, 0.5) is 10.1 Å². The van der Waals surface area contributed by atoms with Crippen molar-refractivity contribution in [1.82, 2.24) is 4.90 Å². The Labute approximate surface area is 178 Å². The number of para-hydroxylation sites is 1. The summed E-state index contributed by atoms with van der Waals surface area (Å²) in [7, 11) is 0. The first-order valence-corrected chi connectivity index (χ1v) is 10.7. The molecule has 6 heteroatoms. The normalized spacial score (nSPS) is 17.3. The zero-order chi connectivity index (χ0) is 20.5. The van der Waals surface area contributed by atoms with E-state index in [1.165, 1.54) is 17.8 Å². The van der Waals surface area contributed by atoms with Gasteiger partial charge in [-0.15, -0.1) is 0 Å². The van der Waals surface area contributed by atoms with Gasteiger partial charge in [0.25, 0.3) is 5.91 Å². The summed E-state index contributed by atoms with van der Waals surface area (Å²) in [6.45, 7) is 0. The number of carbonyl (C=O) groups is 1. The van der Waals surface area contributed by atoms with Gasteiger partial charge >= 0.3 is 0 Å². The molecule has 30 heavy (non-hydrogen) atoms. The van der Waals surface area contributed by atoms with Gasteiger partial charge in [0.15, 0.2) is 5.17 Å². The van der Waals surface area contributed by atoms with Crippen LogP contribution < -0.4 is 0 Å². The number of fused-ring (bicyclic) bond motifs is 3. The van der Waals surface area contributed by atoms with Crippen molar-refractivity contribution in [3.8, 4) is 0 Å². The number of aliphatic imine (C=N–C) groups is 2. The molecule has 2 aliphatic heterocycles. The summed E-state index contributed by atoms with van der Waals surface area (Å²) < 4.78 is 14.1. The SMILES string of the molecule is O=C1N=C2c3ccccc3N=C(SCc3ccccc3F)N2C1Cc1ccccc1. The maximum Gasteiger partial charge on any atom is 0.271 e. The van der Waals surface area contributed by atoms with Gasteiger partial charge < -0.3 is 0 Å². The average molecular weight is 415 g/mol. The van der Waals surface area contributed by atoms with Crippen LogP contribution in [-0.2, 0) is 17.0 Å². The molecule has 4 nitrogen and oxygen atoms in total. The van der Waals surface area contributed by atoms with E-state index in [2.05, 4.69) is 4.99 Å². The molecule has 5 rings (SSSR count). The van der Waals surface area contributed by atoms with Crippen LogP contribution in [0.25, 0.3) is 0 Å². The summed E-state index contributed by atoms with van der Waals surface area (Å²) in [4.78, 5) is 24.0. The summed E-state index contributed by atoms with van der Waals surface area (Å²) >= 11 is 1.42. The lowest BCUT2D eigenvalue weighted by atomic mass is 10.0. The third-order valence-electron chi connectivity index (χ3n) is 5.19. The molecular weight excluding hydrogens is 397 g/mol. The van der Waals surface area contributed by atoms with Gasteiger partial charge in [0, 0.05) is 17.7 Å². The van der Waals surface area contributed by atoms with E-state index in [-0.39, 0.29) is 11.7 Å². The highest BCUT2D eigenvalue weighted by Crippen LogP contribution is 2.35. The molecule has 0 aromatic heterocycles. The molecule has 0 N–H and O–H groups in total. The largest absolute Gasteiger partial charge is 0.292 e. The van der Waals surface area contributed by atoms with Crippen LogP contribution in [0, 0.1) is 5.82 Å². The molecule has 1 amide bonds. The molecule has 148 valence electrons. The van der Waals surface area contributed by atoms with Crippen molar-refractivity contribution in [1.29, 1.82) is 0 Å². The molecule has 2 aliphatic rings. The maximum absolute atomic E-state index is 14.1. The van der Waals surface area contributed by atoms with Crippen molar-refractivity contribution in [3.63, 3.8) is 0 Å². The Hall–Kier alpha value is -3.25. The number of carbonyl (C=O) groups excluding carboxylic acids is 1. The van der Waals surface area contributed by atoms with Crippen molar-refractivity contribution in [2.24, 2.45) is 9.98 Å². The van der Waals surface area contributed by atoms with E-state index in [1.54, 1.807) is 12.1 Å². The Morgan fingerprint density at radius 2 is 1.63 bits per heavy atom. The first kappa shape index (κ1) is 18.8. The predicted molar refractivity (Wildman–Crippen MR) is 119 cm³/mol. The van der Waals surface area contributed by atoms with Crippen molar-refractivity contribution >= 4 is 34.4 Å². The van der Waals surface area contributed by atoms with Crippen molar-refractivity contribution in [2.75, 3.05) is 0 Å². The van der Waals surface area contributed by atoms with Crippen LogP contribution in [0.2, 0.25) is 0 Å². The van der Waals surface area contributed by atoms with Gasteiger partial charge in [0.1, 0.15) is 17.7 Å². The maximum atomic E-state index is 14.1. The highest BCUT2D eigenvalue weighted by molar-refractivity contribution is 8.13. The predicted octanol–water partition coefficient (Wildman–Crippen LogP) is 4.96. The number of halogens is 1. The van der Waals surface area contributed by atoms with E-state index >= 15 is 0 Å². The van der Waals surface area contributed by atoms with Gasteiger partial charge in [-0.25, -0.2) is 9.38 Å². The summed E-state index contributed by atoms with van der Waals surface area (Å²) in [5.74, 6) is 0.630. The standard InChI is InChI=1S/C24H18FN3OS/c25-19-12-6-4-10-17(19)15-30-24-26-20-13-7-5-11-18(20)22-27-23(29)21(28(22)24)14-16-8-2-1-3-9-16/h1-13,21H,14-15H2. The van der Waals surface area contributed by atoms with Gasteiger partial charge in [-0.2, -0.15) is 4.99 Å². The third-order valence-corrected chi connectivity index (χ3v) is 6.20. The third kappa shape index (κ3) is 3.44. The molecule has 0 fully saturated rings. The number of hydrogen-bond acceptors (Lipinski definition) is 4. The number of benzene rings is 3. The zero-order valence-corrected chi connectivity index (χ0v) is 16.8. The molecule has 0 saturated heterocycles. The Bertz CT molecular complexity index is 1180. The number of thioether (sulfide) groups is 1. The lowest BCUT2D eigenvalue weighted by Crippen LogP contribution is -2.44. The summed E-state index contributed by atoms with van der Waals surface area (Å²) in [6, 6.07) is 23.8. The second-order valence-electron chi connectivity index (χ2n) is 7.14. The molecular formula is C24H18FN3OS. The first-order valence-electron chi connectivity index (χ1n) is 9.71. The Kier molecular flexibility index (Phi) is 4.93. The van der Waals surface area contributed by atoms with E-state index in [0.29, 0.717) is 28.7 Å². The smallest absolute Gasteiger partial charge is 0.271 e. The second kappa shape index (κ2) is 7.88. The molecule has 0 spiro atoms. The van der Waals surface area contributed by atoms with Gasteiger partial charge in [-0.3, -0.25) is 9.69 Å². The minimum atomic E-state index is -0.456. The van der Waals surface area contributed by atoms with Crippen molar-refractivity contribution < 1.29 is 9.18 Å². The van der Waals surface area contributed by atoms with E-state index in [0.717, 1.165) is 16.8 Å². The molecule has 0 radical (unpaired) electrons. The van der Waals surface area contributed by atoms with Gasteiger partial charge in [-0.05, 0) is 29.3 Å². The topological polar surface area (TPSA) is 45.0 Å². The van der Waals surface area contributed by atoms with Crippen LogP contribution in [0.1, 0.15) is 16.7 Å². The minimum Gasteiger partial charge on any atom is -0.292 e. The summed E-state index contributed by atoms with van der Waals surface area (Å²) in [5, 5.41) is 0.669. The van der Waals surface area contributed by atoms with Crippen LogP contribution in [0.5, 0.6) is 0 Å². The van der Waals surface area contributed by atoms with Gasteiger partial charge in [0.05, 0.1) is 5.69 Å². The van der Waals surface area contributed by atoms with Crippen LogP contribution in [0.3, 0.4) is 0 Å². The fourth-order valence-electron chi connectivity index (χ4n) is 3.70. The van der Waals surface area contributed by atoms with Gasteiger partial charge in [-0.1, -0.05) is 72.4 Å². The molecule has 0 bridgehead atoms. The number of amides is 1. The zero-order valence-electron chi connectivity index (χ0n) is 16.0. The quantitative estimate of drug-likeness (QED) is 0.605. The van der Waals surface area contributed by atoms with Crippen LogP contribution in [-0.4, -0.2) is 27.9 Å². The number of hydrogen-bond donors (Lipinski definition) is 0. The second-order valence-corrected chi connectivity index (χ2v) is 8.08. The van der Waals surface area contributed by atoms with E-state index < -0.39 is 6.04 Å². The minimum absolute atomic E-state index is 0.176. The van der Waals surface area contributed by atoms with Gasteiger partial charge in [0.2, 0.25) is 0 Å². The van der Waals surface area contributed by atoms with Crippen molar-refractivity contribution in [3.05, 3.63) is 101 Å². The lowest BCUT2D eigenvalue weighted by Gasteiger charge is -2.31. The molecule has 0 aliphatic carbocycles. The lowest BCUT2D eigenvalue weighted by molar-refractivity contribution is -0.119. The molecule has 0 saturated carbocycles. The number of amidine groups is 2. The first-order chi connectivity index (χ1) is 14.7. The molecule has 1 unspecified atom stereocenters. The Balaban J connectivity index is 1.50. The van der Waals surface area contributed by atoms with Crippen LogP contribution in [0.15, 0.2) is 88.8 Å². The van der Waals surface area contributed by atoms with Crippen LogP contribution >= 0.6 is 11.8 Å². The number of rotatable bonds is 4. The highest BCUT2D eigenvalue weighted by atomic mass is 32.2. The Morgan fingerprint density at radius 3 is 2.47 bits per heavy atom. The Morgan fingerprint density at radius 1 is 0.900 bits per heavy atom. The average Bonchev–Trinajstić information content (AvgIpc) is 3.10. The van der Waals surface area contributed by atoms with E-state index in [4.69, 9.17) is 4.99 Å². The summed E-state index contributed by atoms with van der Waals surface area (Å²) in [6.07, 6.45) is 0.536. The highest BCUT2D eigenvalue weighted by Gasteiger charge is 2.41. The molecule has 3 aromatic carbocycles. The molecule has 1 atom stereocenters. The summed E-state index contributed by atoms with van der Waals surface area (Å²) in [5.41, 5.74) is 3.28. The number of nitrogens with zero attached hydrogens (tertiary/aromatic N) is 3. The molecule has 3 aromatic rings. The van der Waals surface area contributed by atoms with E-state index in [1.807, 2.05) is 65.6 Å². The van der Waals surface area contributed by atoms with E-state index in [9.17, 15) is 9.18 Å². The fourth-order valence-corrected chi connectivity index (χ4v) is 4.73.